The summed E-state index contributed by atoms with van der Waals surface area (Å²) in [5, 5.41) is 8.75. The summed E-state index contributed by atoms with van der Waals surface area (Å²) in [5.41, 5.74) is 2.05. The number of unbranched alkanes of at least 4 members (excludes halogenated alkanes) is 5. The summed E-state index contributed by atoms with van der Waals surface area (Å²) in [5.74, 6) is 5.64. The smallest absolute Gasteiger partial charge is 0.104 e. The van der Waals surface area contributed by atoms with Crippen LogP contribution in [-0.2, 0) is 11.3 Å². The van der Waals surface area contributed by atoms with Gasteiger partial charge in [-0.25, -0.2) is 0 Å². The predicted octanol–water partition coefficient (Wildman–Crippen LogP) is 3.91. The standard InChI is InChI=1S/C18H26O2/c1-2-3-4-5-6-9-15-20-16-18-12-8-7-11-17(18)13-10-14-19/h7-8,11-12,19H,2-6,9,14-16H2,1H3. The summed E-state index contributed by atoms with van der Waals surface area (Å²) < 4.78 is 5.72. The lowest BCUT2D eigenvalue weighted by Gasteiger charge is -2.06. The van der Waals surface area contributed by atoms with Crippen molar-refractivity contribution in [1.82, 2.24) is 0 Å². The van der Waals surface area contributed by atoms with Crippen molar-refractivity contribution in [3.05, 3.63) is 35.4 Å². The zero-order valence-electron chi connectivity index (χ0n) is 12.5. The molecule has 0 saturated carbocycles. The third kappa shape index (κ3) is 7.33. The van der Waals surface area contributed by atoms with Crippen LogP contribution in [0.15, 0.2) is 24.3 Å². The van der Waals surface area contributed by atoms with E-state index in [1.54, 1.807) is 0 Å². The van der Waals surface area contributed by atoms with Gasteiger partial charge in [-0.1, -0.05) is 69.1 Å². The maximum atomic E-state index is 8.75. The van der Waals surface area contributed by atoms with Gasteiger partial charge in [-0.2, -0.15) is 0 Å². The van der Waals surface area contributed by atoms with E-state index in [0.717, 1.165) is 24.2 Å². The molecule has 2 heteroatoms. The Morgan fingerprint density at radius 3 is 2.60 bits per heavy atom. The number of hydrogen-bond donors (Lipinski definition) is 1. The zero-order valence-corrected chi connectivity index (χ0v) is 12.5. The van der Waals surface area contributed by atoms with E-state index in [2.05, 4.69) is 18.8 Å². The fraction of sp³-hybridized carbons (Fsp3) is 0.556. The van der Waals surface area contributed by atoms with E-state index in [-0.39, 0.29) is 6.61 Å². The minimum Gasteiger partial charge on any atom is -0.384 e. The number of aliphatic hydroxyl groups excluding tert-OH is 1. The molecule has 20 heavy (non-hydrogen) atoms. The van der Waals surface area contributed by atoms with Crippen molar-refractivity contribution in [2.75, 3.05) is 13.2 Å². The Hall–Kier alpha value is -1.30. The fourth-order valence-electron chi connectivity index (χ4n) is 2.07. The molecule has 0 saturated heterocycles. The third-order valence-corrected chi connectivity index (χ3v) is 3.22. The summed E-state index contributed by atoms with van der Waals surface area (Å²) in [6.45, 7) is 3.55. The second-order valence-electron chi connectivity index (χ2n) is 4.94. The van der Waals surface area contributed by atoms with Crippen molar-refractivity contribution in [3.63, 3.8) is 0 Å². The van der Waals surface area contributed by atoms with Gasteiger partial charge in [0.05, 0.1) is 6.61 Å². The average Bonchev–Trinajstić information content (AvgIpc) is 2.49. The molecule has 0 bridgehead atoms. The van der Waals surface area contributed by atoms with Gasteiger partial charge in [-0.15, -0.1) is 0 Å². The molecule has 1 aromatic rings. The van der Waals surface area contributed by atoms with Crippen LogP contribution in [0.5, 0.6) is 0 Å². The molecule has 0 aliphatic rings. The molecule has 0 amide bonds. The highest BCUT2D eigenvalue weighted by Crippen LogP contribution is 2.10. The van der Waals surface area contributed by atoms with Crippen molar-refractivity contribution in [2.24, 2.45) is 0 Å². The Labute approximate surface area is 123 Å². The first-order valence-corrected chi connectivity index (χ1v) is 7.64. The number of ether oxygens (including phenoxy) is 1. The highest BCUT2D eigenvalue weighted by atomic mass is 16.5. The second kappa shape index (κ2) is 11.5. The second-order valence-corrected chi connectivity index (χ2v) is 4.94. The lowest BCUT2D eigenvalue weighted by molar-refractivity contribution is 0.116. The molecule has 0 aliphatic carbocycles. The highest BCUT2D eigenvalue weighted by Gasteiger charge is 1.99. The number of hydrogen-bond acceptors (Lipinski definition) is 2. The van der Waals surface area contributed by atoms with Crippen LogP contribution in [0.3, 0.4) is 0 Å². The van der Waals surface area contributed by atoms with Crippen molar-refractivity contribution in [1.29, 1.82) is 0 Å². The molecule has 0 spiro atoms. The average molecular weight is 274 g/mol. The molecule has 0 aliphatic heterocycles. The Morgan fingerprint density at radius 2 is 1.80 bits per heavy atom. The van der Waals surface area contributed by atoms with Crippen molar-refractivity contribution in [3.8, 4) is 11.8 Å². The molecule has 2 nitrogen and oxygen atoms in total. The highest BCUT2D eigenvalue weighted by molar-refractivity contribution is 5.40. The van der Waals surface area contributed by atoms with Crippen LogP contribution in [-0.4, -0.2) is 18.3 Å². The topological polar surface area (TPSA) is 29.5 Å². The maximum Gasteiger partial charge on any atom is 0.104 e. The van der Waals surface area contributed by atoms with Crippen molar-refractivity contribution >= 4 is 0 Å². The first kappa shape index (κ1) is 16.8. The quantitative estimate of drug-likeness (QED) is 0.546. The number of rotatable bonds is 9. The van der Waals surface area contributed by atoms with E-state index < -0.39 is 0 Å². The van der Waals surface area contributed by atoms with Gasteiger partial charge < -0.3 is 9.84 Å². The summed E-state index contributed by atoms with van der Waals surface area (Å²) >= 11 is 0. The predicted molar refractivity (Wildman–Crippen MR) is 83.4 cm³/mol. The Kier molecular flexibility index (Phi) is 9.65. The molecular formula is C18H26O2. The Bertz CT molecular complexity index is 415. The molecule has 0 fully saturated rings. The summed E-state index contributed by atoms with van der Waals surface area (Å²) in [6.07, 6.45) is 7.69. The van der Waals surface area contributed by atoms with Crippen LogP contribution in [0.2, 0.25) is 0 Å². The minimum atomic E-state index is -0.104. The lowest BCUT2D eigenvalue weighted by Crippen LogP contribution is -1.98. The SMILES string of the molecule is CCCCCCCCOCc1ccccc1C#CCO. The van der Waals surface area contributed by atoms with E-state index in [1.807, 2.05) is 24.3 Å². The molecule has 1 rings (SSSR count). The van der Waals surface area contributed by atoms with Crippen LogP contribution in [0.1, 0.15) is 56.6 Å². The first-order valence-electron chi connectivity index (χ1n) is 7.64. The van der Waals surface area contributed by atoms with Gasteiger partial charge in [0, 0.05) is 12.2 Å². The summed E-state index contributed by atoms with van der Waals surface area (Å²) in [6, 6.07) is 7.95. The monoisotopic (exact) mass is 274 g/mol. The summed E-state index contributed by atoms with van der Waals surface area (Å²) in [7, 11) is 0. The van der Waals surface area contributed by atoms with E-state index in [0.29, 0.717) is 6.61 Å². The van der Waals surface area contributed by atoms with Gasteiger partial charge in [0.15, 0.2) is 0 Å². The van der Waals surface area contributed by atoms with Crippen LogP contribution < -0.4 is 0 Å². The van der Waals surface area contributed by atoms with Crippen LogP contribution in [0, 0.1) is 11.8 Å². The number of benzene rings is 1. The van der Waals surface area contributed by atoms with Crippen LogP contribution in [0.25, 0.3) is 0 Å². The van der Waals surface area contributed by atoms with Crippen LogP contribution >= 0.6 is 0 Å². The first-order chi connectivity index (χ1) is 9.88. The molecule has 0 radical (unpaired) electrons. The van der Waals surface area contributed by atoms with Gasteiger partial charge >= 0.3 is 0 Å². The van der Waals surface area contributed by atoms with Gasteiger partial charge in [0.1, 0.15) is 6.61 Å². The van der Waals surface area contributed by atoms with Crippen molar-refractivity contribution < 1.29 is 9.84 Å². The molecule has 1 N–H and O–H groups in total. The molecular weight excluding hydrogens is 248 g/mol. The maximum absolute atomic E-state index is 8.75. The van der Waals surface area contributed by atoms with Gasteiger partial charge in [-0.3, -0.25) is 0 Å². The van der Waals surface area contributed by atoms with E-state index in [9.17, 15) is 0 Å². The molecule has 0 unspecified atom stereocenters. The Balaban J connectivity index is 2.21. The normalized spacial score (nSPS) is 10.1. The van der Waals surface area contributed by atoms with Gasteiger partial charge in [-0.05, 0) is 18.1 Å². The van der Waals surface area contributed by atoms with Crippen molar-refractivity contribution in [2.45, 2.75) is 52.1 Å². The minimum absolute atomic E-state index is 0.104. The molecule has 0 atom stereocenters. The summed E-state index contributed by atoms with van der Waals surface area (Å²) in [4.78, 5) is 0. The van der Waals surface area contributed by atoms with E-state index >= 15 is 0 Å². The zero-order chi connectivity index (χ0) is 14.5. The van der Waals surface area contributed by atoms with Gasteiger partial charge in [0.25, 0.3) is 0 Å². The third-order valence-electron chi connectivity index (χ3n) is 3.22. The largest absolute Gasteiger partial charge is 0.384 e. The lowest BCUT2D eigenvalue weighted by atomic mass is 10.1. The number of aliphatic hydroxyl groups is 1. The molecule has 0 aromatic heterocycles. The fourth-order valence-corrected chi connectivity index (χ4v) is 2.07. The van der Waals surface area contributed by atoms with E-state index in [1.165, 1.54) is 32.1 Å². The van der Waals surface area contributed by atoms with Crippen LogP contribution in [0.4, 0.5) is 0 Å². The van der Waals surface area contributed by atoms with E-state index in [4.69, 9.17) is 9.84 Å². The van der Waals surface area contributed by atoms with Gasteiger partial charge in [0.2, 0.25) is 0 Å². The Morgan fingerprint density at radius 1 is 1.05 bits per heavy atom. The molecule has 1 aromatic carbocycles. The molecule has 110 valence electrons. The molecule has 0 heterocycles.